The van der Waals surface area contributed by atoms with Crippen LogP contribution in [0.2, 0.25) is 0 Å². The summed E-state index contributed by atoms with van der Waals surface area (Å²) in [4.78, 5) is 40.5. The summed E-state index contributed by atoms with van der Waals surface area (Å²) in [7, 11) is -4.72. The van der Waals surface area contributed by atoms with Crippen molar-refractivity contribution in [2.75, 3.05) is 13.1 Å². The summed E-state index contributed by atoms with van der Waals surface area (Å²) >= 11 is 0. The van der Waals surface area contributed by atoms with Crippen molar-refractivity contribution in [1.29, 1.82) is 0 Å². The summed E-state index contributed by atoms with van der Waals surface area (Å²) in [6, 6.07) is -1.49. The second kappa shape index (κ2) is 11.8. The van der Waals surface area contributed by atoms with Crippen LogP contribution in [0.25, 0.3) is 0 Å². The van der Waals surface area contributed by atoms with Gasteiger partial charge in [0.1, 0.15) is 0 Å². The zero-order chi connectivity index (χ0) is 24.7. The molecule has 2 aliphatic rings. The van der Waals surface area contributed by atoms with E-state index in [1.807, 2.05) is 27.7 Å². The van der Waals surface area contributed by atoms with E-state index in [9.17, 15) is 14.4 Å². The Balaban J connectivity index is 2.26. The summed E-state index contributed by atoms with van der Waals surface area (Å²) < 4.78 is 17.3. The van der Waals surface area contributed by atoms with Crippen molar-refractivity contribution in [1.82, 2.24) is 15.1 Å². The van der Waals surface area contributed by atoms with Crippen LogP contribution in [0.3, 0.4) is 0 Å². The third-order valence-electron chi connectivity index (χ3n) is 6.14. The van der Waals surface area contributed by atoms with E-state index >= 15 is 0 Å². The number of nitrogens with one attached hydrogen (secondary N) is 2. The maximum atomic E-state index is 13.4. The van der Waals surface area contributed by atoms with Gasteiger partial charge in [-0.05, 0) is 0 Å². The van der Waals surface area contributed by atoms with E-state index in [0.717, 1.165) is 51.4 Å². The van der Waals surface area contributed by atoms with Crippen molar-refractivity contribution >= 4 is 25.6 Å². The van der Waals surface area contributed by atoms with Crippen LogP contribution in [0.5, 0.6) is 0 Å². The first kappa shape index (κ1) is 27.8. The molecule has 9 nitrogen and oxygen atoms in total. The monoisotopic (exact) mass is 489 g/mol. The molecule has 1 amide bonds. The fourth-order valence-electron chi connectivity index (χ4n) is 4.07. The molecular formula is C23H44N3O6P. The first-order chi connectivity index (χ1) is 15.6. The number of nitrogens with zero attached hydrogens (tertiary/aromatic N) is 1. The van der Waals surface area contributed by atoms with Gasteiger partial charge in [0, 0.05) is 0 Å². The van der Waals surface area contributed by atoms with Crippen molar-refractivity contribution in [3.63, 3.8) is 0 Å². The molecule has 2 N–H and O–H groups in total. The van der Waals surface area contributed by atoms with Crippen LogP contribution in [-0.2, 0) is 23.2 Å². The zero-order valence-electron chi connectivity index (χ0n) is 21.2. The van der Waals surface area contributed by atoms with Crippen LogP contribution in [-0.4, -0.2) is 48.1 Å². The van der Waals surface area contributed by atoms with Crippen molar-refractivity contribution in [3.05, 3.63) is 0 Å². The first-order valence-corrected chi connectivity index (χ1v) is 14.6. The van der Waals surface area contributed by atoms with E-state index in [4.69, 9.17) is 13.6 Å². The number of hydrogen-bond acceptors (Lipinski definition) is 8. The van der Waals surface area contributed by atoms with Gasteiger partial charge in [0.25, 0.3) is 0 Å². The average Bonchev–Trinajstić information content (AvgIpc) is 3.19. The molecule has 0 aliphatic carbocycles. The molecule has 0 radical (unpaired) electrons. The Morgan fingerprint density at radius 1 is 0.848 bits per heavy atom. The standard InChI is InChI=1S/C23H44N3O6P/c1-7-9-11-13-15-26(16-14-12-10-8-2)23(29)32-33(24-19(17(3)4)21(27)30-33)25-20(18(5)6)22(28)31-33/h17-20,24-25H,7-16H2,1-6H3/t19-,20-/m0/s1. The van der Waals surface area contributed by atoms with E-state index in [1.54, 1.807) is 4.90 Å². The second-order valence-corrected chi connectivity index (χ2v) is 12.7. The molecule has 10 heteroatoms. The van der Waals surface area contributed by atoms with Crippen LogP contribution in [0, 0.1) is 11.8 Å². The van der Waals surface area contributed by atoms with E-state index in [1.165, 1.54) is 0 Å². The first-order valence-electron chi connectivity index (χ1n) is 12.6. The van der Waals surface area contributed by atoms with Crippen molar-refractivity contribution < 1.29 is 28.0 Å². The van der Waals surface area contributed by atoms with Crippen molar-refractivity contribution in [2.45, 2.75) is 105 Å². The summed E-state index contributed by atoms with van der Waals surface area (Å²) in [5, 5.41) is 6.04. The summed E-state index contributed by atoms with van der Waals surface area (Å²) in [5.74, 6) is -1.46. The molecule has 33 heavy (non-hydrogen) atoms. The van der Waals surface area contributed by atoms with Gasteiger partial charge in [0.2, 0.25) is 0 Å². The minimum atomic E-state index is -4.72. The van der Waals surface area contributed by atoms with E-state index < -0.39 is 37.7 Å². The quantitative estimate of drug-likeness (QED) is 0.273. The third kappa shape index (κ3) is 6.80. The normalized spacial score (nSPS) is 24.5. The molecule has 1 spiro atoms. The molecule has 2 aliphatic heterocycles. The average molecular weight is 490 g/mol. The number of amides is 1. The van der Waals surface area contributed by atoms with Gasteiger partial charge in [-0.2, -0.15) is 0 Å². The van der Waals surface area contributed by atoms with Gasteiger partial charge in [-0.15, -0.1) is 0 Å². The molecule has 2 atom stereocenters. The Kier molecular flexibility index (Phi) is 9.95. The fraction of sp³-hybridized carbons (Fsp3) is 0.870. The van der Waals surface area contributed by atoms with Gasteiger partial charge in [-0.25, -0.2) is 0 Å². The van der Waals surface area contributed by atoms with Crippen molar-refractivity contribution in [2.24, 2.45) is 11.8 Å². The Hall–Kier alpha value is -1.44. The van der Waals surface area contributed by atoms with Crippen LogP contribution in [0.15, 0.2) is 0 Å². The molecule has 0 bridgehead atoms. The molecule has 0 aromatic rings. The molecule has 0 unspecified atom stereocenters. The number of carbonyl (C=O) groups is 3. The minimum absolute atomic E-state index is 0.143. The third-order valence-corrected chi connectivity index (χ3v) is 9.10. The Labute approximate surface area is 198 Å². The molecule has 0 aromatic heterocycles. The fourth-order valence-corrected chi connectivity index (χ4v) is 7.62. The zero-order valence-corrected chi connectivity index (χ0v) is 22.1. The Morgan fingerprint density at radius 2 is 1.27 bits per heavy atom. The number of hydrogen-bond donors (Lipinski definition) is 2. The summed E-state index contributed by atoms with van der Waals surface area (Å²) in [6.45, 7) is 12.8. The van der Waals surface area contributed by atoms with Gasteiger partial charge in [0.15, 0.2) is 0 Å². The number of unbranched alkanes of at least 4 members (excludes halogenated alkanes) is 6. The number of rotatable bonds is 13. The SMILES string of the molecule is CCCCCCN(CCCCCC)C(=O)OP12(N[C@@H](C(C)C)C(=O)O1)N[C@@H](C(C)C)C(=O)O2. The Morgan fingerprint density at radius 3 is 1.61 bits per heavy atom. The van der Waals surface area contributed by atoms with Crippen LogP contribution in [0.1, 0.15) is 92.9 Å². The molecule has 2 saturated heterocycles. The van der Waals surface area contributed by atoms with Gasteiger partial charge in [-0.1, -0.05) is 0 Å². The maximum absolute atomic E-state index is 13.4. The molecule has 2 rings (SSSR count). The van der Waals surface area contributed by atoms with E-state index in [0.29, 0.717) is 13.1 Å². The molecule has 192 valence electrons. The van der Waals surface area contributed by atoms with E-state index in [-0.39, 0.29) is 11.8 Å². The van der Waals surface area contributed by atoms with E-state index in [2.05, 4.69) is 24.0 Å². The molecule has 0 saturated carbocycles. The molecule has 2 heterocycles. The second-order valence-electron chi connectivity index (χ2n) is 9.87. The Bertz CT molecular complexity index is 654. The molecule has 0 aromatic carbocycles. The van der Waals surface area contributed by atoms with Gasteiger partial charge in [0.05, 0.1) is 0 Å². The summed E-state index contributed by atoms with van der Waals surface area (Å²) in [5.41, 5.74) is 0. The van der Waals surface area contributed by atoms with Crippen molar-refractivity contribution in [3.8, 4) is 0 Å². The molecular weight excluding hydrogens is 445 g/mol. The van der Waals surface area contributed by atoms with Crippen LogP contribution < -0.4 is 10.2 Å². The number of carbonyl (C=O) groups excluding carboxylic acids is 3. The topological polar surface area (TPSA) is 106 Å². The summed E-state index contributed by atoms with van der Waals surface area (Å²) in [6.07, 6.45) is 7.52. The molecule has 2 fully saturated rings. The van der Waals surface area contributed by atoms with Gasteiger partial charge >= 0.3 is 199 Å². The van der Waals surface area contributed by atoms with Crippen LogP contribution in [0.4, 0.5) is 4.79 Å². The predicted molar refractivity (Wildman–Crippen MR) is 129 cm³/mol. The van der Waals surface area contributed by atoms with Gasteiger partial charge in [-0.3, -0.25) is 0 Å². The van der Waals surface area contributed by atoms with Crippen LogP contribution >= 0.6 is 7.59 Å². The van der Waals surface area contributed by atoms with Gasteiger partial charge < -0.3 is 0 Å². The predicted octanol–water partition coefficient (Wildman–Crippen LogP) is 5.06.